The standard InChI is InChI=1S/C16H18ClNS/c1-2-16(18)13-5-9-15(10-6-13)19-11-12-3-7-14(17)8-4-12/h3-10,16H,2,11,18H2,1H3/t16-/m1/s1. The van der Waals surface area contributed by atoms with E-state index in [4.69, 9.17) is 17.3 Å². The highest BCUT2D eigenvalue weighted by molar-refractivity contribution is 7.98. The summed E-state index contributed by atoms with van der Waals surface area (Å²) in [7, 11) is 0. The van der Waals surface area contributed by atoms with Crippen LogP contribution in [0.25, 0.3) is 0 Å². The van der Waals surface area contributed by atoms with Gasteiger partial charge in [-0.2, -0.15) is 0 Å². The van der Waals surface area contributed by atoms with Gasteiger partial charge in [-0.1, -0.05) is 42.8 Å². The van der Waals surface area contributed by atoms with Crippen LogP contribution in [0.4, 0.5) is 0 Å². The molecule has 0 unspecified atom stereocenters. The fraction of sp³-hybridized carbons (Fsp3) is 0.250. The third kappa shape index (κ3) is 4.27. The van der Waals surface area contributed by atoms with Gasteiger partial charge in [-0.05, 0) is 41.8 Å². The summed E-state index contributed by atoms with van der Waals surface area (Å²) >= 11 is 7.69. The van der Waals surface area contributed by atoms with E-state index in [1.165, 1.54) is 16.0 Å². The van der Waals surface area contributed by atoms with Crippen molar-refractivity contribution in [1.82, 2.24) is 0 Å². The first-order valence-electron chi connectivity index (χ1n) is 6.42. The van der Waals surface area contributed by atoms with Crippen molar-refractivity contribution in [3.8, 4) is 0 Å². The molecule has 0 aliphatic heterocycles. The smallest absolute Gasteiger partial charge is 0.0406 e. The molecule has 0 aliphatic rings. The lowest BCUT2D eigenvalue weighted by Crippen LogP contribution is -2.07. The van der Waals surface area contributed by atoms with Gasteiger partial charge in [0.05, 0.1) is 0 Å². The predicted octanol–water partition coefficient (Wildman–Crippen LogP) is 5.04. The molecule has 0 saturated carbocycles. The average molecular weight is 292 g/mol. The first-order chi connectivity index (χ1) is 9.19. The Hall–Kier alpha value is -0.960. The highest BCUT2D eigenvalue weighted by atomic mass is 35.5. The number of hydrogen-bond acceptors (Lipinski definition) is 2. The van der Waals surface area contributed by atoms with Crippen molar-refractivity contribution in [2.24, 2.45) is 5.73 Å². The second-order valence-electron chi connectivity index (χ2n) is 4.50. The van der Waals surface area contributed by atoms with Crippen LogP contribution in [0.15, 0.2) is 53.4 Å². The van der Waals surface area contributed by atoms with E-state index < -0.39 is 0 Å². The Morgan fingerprint density at radius 1 is 1.05 bits per heavy atom. The summed E-state index contributed by atoms with van der Waals surface area (Å²) in [5.41, 5.74) is 8.49. The molecule has 0 radical (unpaired) electrons. The fourth-order valence-electron chi connectivity index (χ4n) is 1.79. The maximum Gasteiger partial charge on any atom is 0.0406 e. The molecule has 100 valence electrons. The summed E-state index contributed by atoms with van der Waals surface area (Å²) in [6, 6.07) is 16.7. The van der Waals surface area contributed by atoms with Gasteiger partial charge in [0.15, 0.2) is 0 Å². The molecular weight excluding hydrogens is 274 g/mol. The molecule has 3 heteroatoms. The van der Waals surface area contributed by atoms with Crippen molar-refractivity contribution < 1.29 is 0 Å². The second-order valence-corrected chi connectivity index (χ2v) is 5.98. The molecule has 1 atom stereocenters. The molecule has 0 heterocycles. The molecule has 0 aliphatic carbocycles. The monoisotopic (exact) mass is 291 g/mol. The summed E-state index contributed by atoms with van der Waals surface area (Å²) in [4.78, 5) is 1.27. The molecule has 2 aromatic rings. The van der Waals surface area contributed by atoms with Crippen LogP contribution in [0.5, 0.6) is 0 Å². The lowest BCUT2D eigenvalue weighted by molar-refractivity contribution is 0.698. The summed E-state index contributed by atoms with van der Waals surface area (Å²) < 4.78 is 0. The number of nitrogens with two attached hydrogens (primary N) is 1. The molecule has 0 aromatic heterocycles. The Morgan fingerprint density at radius 3 is 2.26 bits per heavy atom. The highest BCUT2D eigenvalue weighted by Gasteiger charge is 2.03. The van der Waals surface area contributed by atoms with E-state index in [-0.39, 0.29) is 6.04 Å². The third-order valence-electron chi connectivity index (χ3n) is 3.07. The molecule has 2 rings (SSSR count). The Bertz CT molecular complexity index is 507. The Kier molecular flexibility index (Phi) is 5.32. The molecule has 0 bridgehead atoms. The van der Waals surface area contributed by atoms with E-state index in [2.05, 4.69) is 43.3 Å². The Labute approximate surface area is 124 Å². The van der Waals surface area contributed by atoms with Crippen molar-refractivity contribution in [2.75, 3.05) is 0 Å². The SMILES string of the molecule is CC[C@@H](N)c1ccc(SCc2ccc(Cl)cc2)cc1. The first-order valence-corrected chi connectivity index (χ1v) is 7.78. The fourth-order valence-corrected chi connectivity index (χ4v) is 2.77. The second kappa shape index (κ2) is 6.99. The van der Waals surface area contributed by atoms with E-state index in [1.807, 2.05) is 23.9 Å². The number of benzene rings is 2. The molecule has 0 saturated heterocycles. The quantitative estimate of drug-likeness (QED) is 0.781. The zero-order chi connectivity index (χ0) is 13.7. The largest absolute Gasteiger partial charge is 0.324 e. The van der Waals surface area contributed by atoms with Crippen molar-refractivity contribution in [3.63, 3.8) is 0 Å². The van der Waals surface area contributed by atoms with Crippen LogP contribution in [0.1, 0.15) is 30.5 Å². The molecule has 0 amide bonds. The van der Waals surface area contributed by atoms with Crippen LogP contribution in [-0.4, -0.2) is 0 Å². The van der Waals surface area contributed by atoms with E-state index in [9.17, 15) is 0 Å². The van der Waals surface area contributed by atoms with Gasteiger partial charge in [0.1, 0.15) is 0 Å². The molecule has 19 heavy (non-hydrogen) atoms. The third-order valence-corrected chi connectivity index (χ3v) is 4.40. The summed E-state index contributed by atoms with van der Waals surface area (Å²) in [5.74, 6) is 0.955. The van der Waals surface area contributed by atoms with Crippen LogP contribution in [0, 0.1) is 0 Å². The van der Waals surface area contributed by atoms with Gasteiger partial charge >= 0.3 is 0 Å². The van der Waals surface area contributed by atoms with Crippen LogP contribution < -0.4 is 5.73 Å². The van der Waals surface area contributed by atoms with E-state index >= 15 is 0 Å². The number of thioether (sulfide) groups is 1. The lowest BCUT2D eigenvalue weighted by Gasteiger charge is -2.09. The van der Waals surface area contributed by atoms with Gasteiger partial charge in [-0.3, -0.25) is 0 Å². The number of hydrogen-bond donors (Lipinski definition) is 1. The van der Waals surface area contributed by atoms with Crippen molar-refractivity contribution in [2.45, 2.75) is 30.0 Å². The summed E-state index contributed by atoms with van der Waals surface area (Å²) in [5, 5.41) is 0.784. The molecule has 2 aromatic carbocycles. The van der Waals surface area contributed by atoms with Gasteiger partial charge in [0, 0.05) is 21.7 Å². The van der Waals surface area contributed by atoms with Crippen LogP contribution in [0.2, 0.25) is 5.02 Å². The Morgan fingerprint density at radius 2 is 1.68 bits per heavy atom. The van der Waals surface area contributed by atoms with Gasteiger partial charge in [0.2, 0.25) is 0 Å². The first kappa shape index (κ1) is 14.4. The van der Waals surface area contributed by atoms with Gasteiger partial charge in [0.25, 0.3) is 0 Å². The summed E-state index contributed by atoms with van der Waals surface area (Å²) in [6.07, 6.45) is 0.970. The van der Waals surface area contributed by atoms with Crippen LogP contribution in [-0.2, 0) is 5.75 Å². The zero-order valence-electron chi connectivity index (χ0n) is 11.0. The topological polar surface area (TPSA) is 26.0 Å². The minimum absolute atomic E-state index is 0.148. The van der Waals surface area contributed by atoms with Gasteiger partial charge in [-0.15, -0.1) is 11.8 Å². The maximum atomic E-state index is 6.00. The zero-order valence-corrected chi connectivity index (χ0v) is 12.5. The minimum atomic E-state index is 0.148. The normalized spacial score (nSPS) is 12.4. The summed E-state index contributed by atoms with van der Waals surface area (Å²) in [6.45, 7) is 2.11. The van der Waals surface area contributed by atoms with Crippen LogP contribution >= 0.6 is 23.4 Å². The van der Waals surface area contributed by atoms with E-state index in [1.54, 1.807) is 0 Å². The molecular formula is C16H18ClNS. The average Bonchev–Trinajstić information content (AvgIpc) is 2.46. The van der Waals surface area contributed by atoms with Crippen molar-refractivity contribution in [3.05, 3.63) is 64.7 Å². The van der Waals surface area contributed by atoms with Gasteiger partial charge < -0.3 is 5.73 Å². The Balaban J connectivity index is 1.94. The van der Waals surface area contributed by atoms with E-state index in [0.29, 0.717) is 0 Å². The van der Waals surface area contributed by atoms with Gasteiger partial charge in [-0.25, -0.2) is 0 Å². The maximum absolute atomic E-state index is 6.00. The molecule has 1 nitrogen and oxygen atoms in total. The molecule has 2 N–H and O–H groups in total. The molecule has 0 fully saturated rings. The predicted molar refractivity (Wildman–Crippen MR) is 84.7 cm³/mol. The van der Waals surface area contributed by atoms with Crippen LogP contribution in [0.3, 0.4) is 0 Å². The number of rotatable bonds is 5. The minimum Gasteiger partial charge on any atom is -0.324 e. The highest BCUT2D eigenvalue weighted by Crippen LogP contribution is 2.25. The van der Waals surface area contributed by atoms with E-state index in [0.717, 1.165) is 17.2 Å². The number of halogens is 1. The van der Waals surface area contributed by atoms with Crippen molar-refractivity contribution >= 4 is 23.4 Å². The molecule has 0 spiro atoms. The lowest BCUT2D eigenvalue weighted by atomic mass is 10.1. The van der Waals surface area contributed by atoms with Crippen molar-refractivity contribution in [1.29, 1.82) is 0 Å².